The van der Waals surface area contributed by atoms with Gasteiger partial charge in [-0.25, -0.2) is 0 Å². The Morgan fingerprint density at radius 3 is 2.50 bits per heavy atom. The van der Waals surface area contributed by atoms with E-state index in [9.17, 15) is 14.4 Å². The summed E-state index contributed by atoms with van der Waals surface area (Å²) in [5.74, 6) is -1.03. The van der Waals surface area contributed by atoms with Gasteiger partial charge in [0.25, 0.3) is 5.91 Å². The summed E-state index contributed by atoms with van der Waals surface area (Å²) in [5.41, 5.74) is 3.04. The molecule has 0 spiro atoms. The van der Waals surface area contributed by atoms with E-state index in [0.717, 1.165) is 24.2 Å². The van der Waals surface area contributed by atoms with Crippen molar-refractivity contribution in [1.29, 1.82) is 0 Å². The zero-order chi connectivity index (χ0) is 20.3. The van der Waals surface area contributed by atoms with Gasteiger partial charge in [0.15, 0.2) is 6.61 Å². The fourth-order valence-electron chi connectivity index (χ4n) is 3.23. The highest BCUT2D eigenvalue weighted by Crippen LogP contribution is 2.38. The summed E-state index contributed by atoms with van der Waals surface area (Å²) < 4.78 is 7.26. The van der Waals surface area contributed by atoms with Crippen LogP contribution in [0.2, 0.25) is 5.02 Å². The second-order valence-corrected chi connectivity index (χ2v) is 7.42. The summed E-state index contributed by atoms with van der Waals surface area (Å²) in [4.78, 5) is 36.2. The van der Waals surface area contributed by atoms with E-state index in [2.05, 4.69) is 9.88 Å². The number of aromatic nitrogens is 1. The number of ketones is 1. The number of hydrogen-bond donors (Lipinski definition) is 1. The molecule has 0 unspecified atom stereocenters. The van der Waals surface area contributed by atoms with Crippen molar-refractivity contribution < 1.29 is 19.1 Å². The number of carbonyl (C=O) groups is 3. The van der Waals surface area contributed by atoms with E-state index in [1.54, 1.807) is 24.3 Å². The smallest absolute Gasteiger partial charge is 0.308 e. The molecule has 0 aliphatic heterocycles. The van der Waals surface area contributed by atoms with E-state index in [1.807, 2.05) is 19.9 Å². The zero-order valence-corrected chi connectivity index (χ0v) is 16.7. The predicted molar refractivity (Wildman–Crippen MR) is 106 cm³/mol. The highest BCUT2D eigenvalue weighted by molar-refractivity contribution is 6.30. The molecule has 1 aromatic carbocycles. The van der Waals surface area contributed by atoms with Crippen LogP contribution in [0, 0.1) is 13.8 Å². The Labute approximate surface area is 168 Å². The lowest BCUT2D eigenvalue weighted by Gasteiger charge is -2.08. The first-order chi connectivity index (χ1) is 13.4. The summed E-state index contributed by atoms with van der Waals surface area (Å²) in [7, 11) is 0. The van der Waals surface area contributed by atoms with Crippen LogP contribution in [0.1, 0.15) is 57.4 Å². The molecule has 1 aliphatic rings. The first kappa shape index (κ1) is 20.1. The summed E-state index contributed by atoms with van der Waals surface area (Å²) in [6, 6.07) is 8.80. The van der Waals surface area contributed by atoms with Gasteiger partial charge in [-0.15, -0.1) is 0 Å². The molecule has 0 atom stereocenters. The van der Waals surface area contributed by atoms with Crippen LogP contribution in [0.5, 0.6) is 0 Å². The topological polar surface area (TPSA) is 77.4 Å². The van der Waals surface area contributed by atoms with E-state index in [0.29, 0.717) is 22.2 Å². The summed E-state index contributed by atoms with van der Waals surface area (Å²) >= 11 is 5.78. The summed E-state index contributed by atoms with van der Waals surface area (Å²) in [6.45, 7) is 3.74. The lowest BCUT2D eigenvalue weighted by molar-refractivity contribution is -0.142. The first-order valence-corrected chi connectivity index (χ1v) is 9.65. The maximum atomic E-state index is 12.4. The van der Waals surface area contributed by atoms with Crippen molar-refractivity contribution in [2.24, 2.45) is 0 Å². The Balaban J connectivity index is 1.43. The molecule has 1 N–H and O–H groups in total. The minimum absolute atomic E-state index is 0.00624. The van der Waals surface area contributed by atoms with Crippen LogP contribution in [-0.2, 0) is 9.53 Å². The molecule has 7 heteroatoms. The number of carbonyl (C=O) groups excluding carboxylic acids is 3. The predicted octanol–water partition coefficient (Wildman–Crippen LogP) is 3.64. The van der Waals surface area contributed by atoms with Gasteiger partial charge >= 0.3 is 5.97 Å². The standard InChI is InChI=1S/C21H23ClN2O4/c1-13-11-18(14(2)24(13)17-7-8-17)19(25)12-28-20(26)9-10-23-21(27)15-3-5-16(22)6-4-15/h3-6,11,17H,7-10,12H2,1-2H3,(H,23,27). The maximum absolute atomic E-state index is 12.4. The third kappa shape index (κ3) is 4.81. The molecule has 1 heterocycles. The van der Waals surface area contributed by atoms with Gasteiger partial charge in [0, 0.05) is 40.1 Å². The third-order valence-corrected chi connectivity index (χ3v) is 5.03. The van der Waals surface area contributed by atoms with Crippen molar-refractivity contribution >= 4 is 29.3 Å². The molecule has 1 amide bonds. The molecule has 3 rings (SSSR count). The van der Waals surface area contributed by atoms with Gasteiger partial charge in [0.2, 0.25) is 5.78 Å². The van der Waals surface area contributed by atoms with Crippen molar-refractivity contribution in [3.63, 3.8) is 0 Å². The molecule has 148 valence electrons. The van der Waals surface area contributed by atoms with Crippen LogP contribution in [0.3, 0.4) is 0 Å². The van der Waals surface area contributed by atoms with Crippen LogP contribution < -0.4 is 5.32 Å². The molecule has 1 aliphatic carbocycles. The van der Waals surface area contributed by atoms with Crippen molar-refractivity contribution in [1.82, 2.24) is 9.88 Å². The quantitative estimate of drug-likeness (QED) is 0.540. The largest absolute Gasteiger partial charge is 0.457 e. The number of amides is 1. The maximum Gasteiger partial charge on any atom is 0.308 e. The second kappa shape index (κ2) is 8.61. The highest BCUT2D eigenvalue weighted by Gasteiger charge is 2.28. The molecule has 0 bridgehead atoms. The molecule has 6 nitrogen and oxygen atoms in total. The van der Waals surface area contributed by atoms with Crippen LogP contribution in [0.25, 0.3) is 0 Å². The molecule has 0 saturated heterocycles. The van der Waals surface area contributed by atoms with Gasteiger partial charge < -0.3 is 14.6 Å². The monoisotopic (exact) mass is 402 g/mol. The number of Topliss-reactive ketones (excluding diaryl/α,β-unsaturated/α-hetero) is 1. The van der Waals surface area contributed by atoms with E-state index in [4.69, 9.17) is 16.3 Å². The van der Waals surface area contributed by atoms with Gasteiger partial charge in [0.05, 0.1) is 6.42 Å². The van der Waals surface area contributed by atoms with E-state index >= 15 is 0 Å². The van der Waals surface area contributed by atoms with Gasteiger partial charge in [-0.05, 0) is 57.0 Å². The molecule has 1 aromatic heterocycles. The number of ether oxygens (including phenoxy) is 1. The average Bonchev–Trinajstić information content (AvgIpc) is 3.45. The Morgan fingerprint density at radius 2 is 1.86 bits per heavy atom. The highest BCUT2D eigenvalue weighted by atomic mass is 35.5. The summed E-state index contributed by atoms with van der Waals surface area (Å²) in [5, 5.41) is 3.18. The van der Waals surface area contributed by atoms with Crippen LogP contribution >= 0.6 is 11.6 Å². The number of halogens is 1. The van der Waals surface area contributed by atoms with E-state index in [1.165, 1.54) is 0 Å². The van der Waals surface area contributed by atoms with Crippen molar-refractivity contribution in [2.45, 2.75) is 39.2 Å². The number of benzene rings is 1. The fourth-order valence-corrected chi connectivity index (χ4v) is 3.36. The van der Waals surface area contributed by atoms with E-state index in [-0.39, 0.29) is 31.3 Å². The Morgan fingerprint density at radius 1 is 1.18 bits per heavy atom. The van der Waals surface area contributed by atoms with Gasteiger partial charge in [-0.2, -0.15) is 0 Å². The number of rotatable bonds is 8. The Bertz CT molecular complexity index is 898. The molecular formula is C21H23ClN2O4. The molecular weight excluding hydrogens is 380 g/mol. The van der Waals surface area contributed by atoms with Crippen molar-refractivity contribution in [3.8, 4) is 0 Å². The molecule has 28 heavy (non-hydrogen) atoms. The Hall–Kier alpha value is -2.60. The minimum Gasteiger partial charge on any atom is -0.457 e. The second-order valence-electron chi connectivity index (χ2n) is 6.98. The number of hydrogen-bond acceptors (Lipinski definition) is 4. The fraction of sp³-hybridized carbons (Fsp3) is 0.381. The number of nitrogens with zero attached hydrogens (tertiary/aromatic N) is 1. The lowest BCUT2D eigenvalue weighted by Crippen LogP contribution is -2.27. The average molecular weight is 403 g/mol. The number of esters is 1. The number of aryl methyl sites for hydroxylation is 1. The van der Waals surface area contributed by atoms with Gasteiger partial charge in [-0.3, -0.25) is 14.4 Å². The minimum atomic E-state index is -0.527. The van der Waals surface area contributed by atoms with Crippen molar-refractivity contribution in [2.75, 3.05) is 13.2 Å². The Kier molecular flexibility index (Phi) is 6.19. The van der Waals surface area contributed by atoms with Gasteiger partial charge in [0.1, 0.15) is 0 Å². The van der Waals surface area contributed by atoms with Crippen LogP contribution in [0.15, 0.2) is 30.3 Å². The third-order valence-electron chi connectivity index (χ3n) is 4.78. The molecule has 2 aromatic rings. The first-order valence-electron chi connectivity index (χ1n) is 9.28. The van der Waals surface area contributed by atoms with Crippen molar-refractivity contribution in [3.05, 3.63) is 57.9 Å². The molecule has 1 saturated carbocycles. The zero-order valence-electron chi connectivity index (χ0n) is 16.0. The molecule has 0 radical (unpaired) electrons. The normalized spacial score (nSPS) is 13.2. The number of nitrogens with one attached hydrogen (secondary N) is 1. The molecule has 1 fully saturated rings. The van der Waals surface area contributed by atoms with Crippen LogP contribution in [-0.4, -0.2) is 35.4 Å². The van der Waals surface area contributed by atoms with E-state index < -0.39 is 5.97 Å². The lowest BCUT2D eigenvalue weighted by atomic mass is 10.1. The summed E-state index contributed by atoms with van der Waals surface area (Å²) in [6.07, 6.45) is 2.27. The SMILES string of the molecule is Cc1cc(C(=O)COC(=O)CCNC(=O)c2ccc(Cl)cc2)c(C)n1C1CC1. The van der Waals surface area contributed by atoms with Crippen LogP contribution in [0.4, 0.5) is 0 Å². The van der Waals surface area contributed by atoms with Gasteiger partial charge in [-0.1, -0.05) is 11.6 Å².